The van der Waals surface area contributed by atoms with E-state index in [4.69, 9.17) is 9.47 Å². The standard InChI is InChI=1S/C24H30O7/c1-13-6-15(26)7-16(27)19(13)20(28)31-18-10-22(4)17-9-21(2,3)12-23(17,29)8-14(11-25)24(18,22)30-5/h6-8,11,17-18,26-27,29H,9-10,12H2,1-5H3. The highest BCUT2D eigenvalue weighted by molar-refractivity contribution is 5.94. The molecular formula is C24H30O7. The van der Waals surface area contributed by atoms with Gasteiger partial charge in [0.25, 0.3) is 0 Å². The first-order valence-electron chi connectivity index (χ1n) is 10.5. The van der Waals surface area contributed by atoms with Gasteiger partial charge in [0.1, 0.15) is 35.1 Å². The van der Waals surface area contributed by atoms with Crippen LogP contribution in [-0.2, 0) is 14.3 Å². The topological polar surface area (TPSA) is 113 Å². The average molecular weight is 430 g/mol. The fourth-order valence-corrected chi connectivity index (χ4v) is 6.76. The molecule has 4 rings (SSSR count). The Morgan fingerprint density at radius 1 is 1.19 bits per heavy atom. The number of aliphatic hydroxyl groups is 1. The van der Waals surface area contributed by atoms with E-state index in [0.29, 0.717) is 24.7 Å². The third-order valence-corrected chi connectivity index (χ3v) is 7.84. The SMILES string of the molecule is COC12C(C=O)=CC3(O)CC(C)(C)CC3C1(C)CC2OC(=O)c1c(C)cc(O)cc1O. The van der Waals surface area contributed by atoms with E-state index in [1.54, 1.807) is 13.0 Å². The van der Waals surface area contributed by atoms with Gasteiger partial charge in [-0.15, -0.1) is 0 Å². The number of carbonyl (C=O) groups is 2. The van der Waals surface area contributed by atoms with E-state index in [1.807, 2.05) is 6.92 Å². The first-order chi connectivity index (χ1) is 14.3. The molecule has 0 heterocycles. The molecule has 5 atom stereocenters. The number of aromatic hydroxyl groups is 2. The van der Waals surface area contributed by atoms with E-state index in [1.165, 1.54) is 13.2 Å². The van der Waals surface area contributed by atoms with Gasteiger partial charge < -0.3 is 24.8 Å². The molecule has 1 aromatic rings. The minimum Gasteiger partial charge on any atom is -0.508 e. The smallest absolute Gasteiger partial charge is 0.342 e. The van der Waals surface area contributed by atoms with Gasteiger partial charge in [-0.25, -0.2) is 4.79 Å². The van der Waals surface area contributed by atoms with Crippen LogP contribution in [0.25, 0.3) is 0 Å². The maximum atomic E-state index is 13.0. The molecule has 1 aromatic carbocycles. The van der Waals surface area contributed by atoms with Gasteiger partial charge in [0.2, 0.25) is 0 Å². The Balaban J connectivity index is 1.73. The second-order valence-corrected chi connectivity index (χ2v) is 10.4. The van der Waals surface area contributed by atoms with E-state index >= 15 is 0 Å². The molecule has 0 bridgehead atoms. The van der Waals surface area contributed by atoms with Crippen molar-refractivity contribution >= 4 is 12.3 Å². The van der Waals surface area contributed by atoms with Gasteiger partial charge in [0.15, 0.2) is 0 Å². The van der Waals surface area contributed by atoms with Crippen LogP contribution in [0.3, 0.4) is 0 Å². The molecule has 168 valence electrons. The molecule has 0 amide bonds. The molecule has 2 saturated carbocycles. The normalized spacial score (nSPS) is 37.8. The maximum absolute atomic E-state index is 13.0. The van der Waals surface area contributed by atoms with Crippen LogP contribution < -0.4 is 0 Å². The summed E-state index contributed by atoms with van der Waals surface area (Å²) in [6.07, 6.45) is 3.25. The van der Waals surface area contributed by atoms with E-state index in [-0.39, 0.29) is 34.0 Å². The summed E-state index contributed by atoms with van der Waals surface area (Å²) in [4.78, 5) is 25.1. The first kappa shape index (κ1) is 21.8. The number of phenols is 2. The van der Waals surface area contributed by atoms with Gasteiger partial charge in [-0.2, -0.15) is 0 Å². The zero-order chi connectivity index (χ0) is 23.0. The van der Waals surface area contributed by atoms with Crippen molar-refractivity contribution in [2.24, 2.45) is 16.7 Å². The number of carbonyl (C=O) groups excluding carboxylic acids is 2. The minimum atomic E-state index is -1.18. The van der Waals surface area contributed by atoms with Crippen LogP contribution in [0, 0.1) is 23.7 Å². The molecule has 0 spiro atoms. The second kappa shape index (κ2) is 6.56. The van der Waals surface area contributed by atoms with Crippen molar-refractivity contribution in [3.05, 3.63) is 34.9 Å². The van der Waals surface area contributed by atoms with Crippen molar-refractivity contribution in [1.82, 2.24) is 0 Å². The van der Waals surface area contributed by atoms with Crippen LogP contribution in [0.2, 0.25) is 0 Å². The number of benzene rings is 1. The molecular weight excluding hydrogens is 400 g/mol. The van der Waals surface area contributed by atoms with Crippen LogP contribution in [-0.4, -0.2) is 52.0 Å². The highest BCUT2D eigenvalue weighted by Crippen LogP contribution is 2.70. The minimum absolute atomic E-state index is 0.0383. The number of phenolic OH excluding ortho intramolecular Hbond substituents is 2. The molecule has 3 aliphatic rings. The summed E-state index contributed by atoms with van der Waals surface area (Å²) in [7, 11) is 1.49. The van der Waals surface area contributed by atoms with E-state index < -0.39 is 28.7 Å². The summed E-state index contributed by atoms with van der Waals surface area (Å²) in [6.45, 7) is 7.77. The van der Waals surface area contributed by atoms with E-state index in [0.717, 1.165) is 12.5 Å². The molecule has 7 nitrogen and oxygen atoms in total. The number of hydrogen-bond acceptors (Lipinski definition) is 7. The van der Waals surface area contributed by atoms with Crippen LogP contribution >= 0.6 is 0 Å². The average Bonchev–Trinajstić information content (AvgIpc) is 2.89. The number of esters is 1. The molecule has 0 aliphatic heterocycles. The highest BCUT2D eigenvalue weighted by Gasteiger charge is 2.76. The number of ether oxygens (including phenoxy) is 2. The molecule has 0 aromatic heterocycles. The number of hydrogen-bond donors (Lipinski definition) is 3. The van der Waals surface area contributed by atoms with Gasteiger partial charge in [-0.3, -0.25) is 4.79 Å². The van der Waals surface area contributed by atoms with Gasteiger partial charge in [-0.1, -0.05) is 20.8 Å². The molecule has 0 saturated heterocycles. The Morgan fingerprint density at radius 2 is 1.87 bits per heavy atom. The zero-order valence-corrected chi connectivity index (χ0v) is 18.6. The van der Waals surface area contributed by atoms with Crippen LogP contribution in [0.1, 0.15) is 56.0 Å². The lowest BCUT2D eigenvalue weighted by Crippen LogP contribution is -2.75. The number of aryl methyl sites for hydroxylation is 1. The van der Waals surface area contributed by atoms with E-state index in [9.17, 15) is 24.9 Å². The van der Waals surface area contributed by atoms with E-state index in [2.05, 4.69) is 13.8 Å². The predicted octanol–water partition coefficient (Wildman–Crippen LogP) is 3.03. The Morgan fingerprint density at radius 3 is 2.45 bits per heavy atom. The maximum Gasteiger partial charge on any atom is 0.342 e. The van der Waals surface area contributed by atoms with Gasteiger partial charge in [0, 0.05) is 30.1 Å². The Kier molecular flexibility index (Phi) is 4.62. The van der Waals surface area contributed by atoms with Crippen LogP contribution in [0.4, 0.5) is 0 Å². The lowest BCUT2D eigenvalue weighted by Gasteiger charge is -2.67. The number of fused-ring (bicyclic) bond motifs is 3. The number of rotatable bonds is 4. The summed E-state index contributed by atoms with van der Waals surface area (Å²) in [5, 5.41) is 31.2. The summed E-state index contributed by atoms with van der Waals surface area (Å²) >= 11 is 0. The van der Waals surface area contributed by atoms with Crippen molar-refractivity contribution in [2.75, 3.05) is 7.11 Å². The Hall–Kier alpha value is -2.38. The summed E-state index contributed by atoms with van der Waals surface area (Å²) in [5.74, 6) is -1.44. The summed E-state index contributed by atoms with van der Waals surface area (Å²) in [5.41, 5.74) is -2.38. The predicted molar refractivity (Wildman–Crippen MR) is 112 cm³/mol. The molecule has 7 heteroatoms. The zero-order valence-electron chi connectivity index (χ0n) is 18.6. The molecule has 0 radical (unpaired) electrons. The lowest BCUT2D eigenvalue weighted by molar-refractivity contribution is -0.272. The highest BCUT2D eigenvalue weighted by atomic mass is 16.6. The van der Waals surface area contributed by atoms with Crippen molar-refractivity contribution in [3.8, 4) is 11.5 Å². The number of methoxy groups -OCH3 is 1. The van der Waals surface area contributed by atoms with Crippen molar-refractivity contribution in [3.63, 3.8) is 0 Å². The van der Waals surface area contributed by atoms with Crippen LogP contribution in [0.5, 0.6) is 11.5 Å². The fraction of sp³-hybridized carbons (Fsp3) is 0.583. The van der Waals surface area contributed by atoms with Gasteiger partial charge >= 0.3 is 5.97 Å². The summed E-state index contributed by atoms with van der Waals surface area (Å²) in [6, 6.07) is 2.45. The Bertz CT molecular complexity index is 973. The number of aldehydes is 1. The van der Waals surface area contributed by atoms with Crippen LogP contribution in [0.15, 0.2) is 23.8 Å². The second-order valence-electron chi connectivity index (χ2n) is 10.4. The third-order valence-electron chi connectivity index (χ3n) is 7.84. The molecule has 31 heavy (non-hydrogen) atoms. The lowest BCUT2D eigenvalue weighted by atomic mass is 9.43. The molecule has 3 N–H and O–H groups in total. The van der Waals surface area contributed by atoms with Crippen molar-refractivity contribution < 1.29 is 34.4 Å². The molecule has 5 unspecified atom stereocenters. The Labute approximate surface area is 181 Å². The quantitative estimate of drug-likeness (QED) is 0.497. The van der Waals surface area contributed by atoms with Gasteiger partial charge in [-0.05, 0) is 49.3 Å². The van der Waals surface area contributed by atoms with Crippen molar-refractivity contribution in [1.29, 1.82) is 0 Å². The van der Waals surface area contributed by atoms with Gasteiger partial charge in [0.05, 0.1) is 5.60 Å². The first-order valence-corrected chi connectivity index (χ1v) is 10.5. The summed E-state index contributed by atoms with van der Waals surface area (Å²) < 4.78 is 11.7. The largest absolute Gasteiger partial charge is 0.508 e. The molecule has 2 fully saturated rings. The van der Waals surface area contributed by atoms with Crippen molar-refractivity contribution in [2.45, 2.75) is 64.3 Å². The monoisotopic (exact) mass is 430 g/mol. The third kappa shape index (κ3) is 2.79. The fourth-order valence-electron chi connectivity index (χ4n) is 6.76. The molecule has 3 aliphatic carbocycles.